The van der Waals surface area contributed by atoms with E-state index in [1.807, 2.05) is 0 Å². The molecule has 0 aromatic carbocycles. The van der Waals surface area contributed by atoms with Crippen molar-refractivity contribution in [3.8, 4) is 0 Å². The topological polar surface area (TPSA) is 75.6 Å². The van der Waals surface area contributed by atoms with Crippen molar-refractivity contribution in [3.05, 3.63) is 0 Å². The summed E-state index contributed by atoms with van der Waals surface area (Å²) in [7, 11) is 0. The van der Waals surface area contributed by atoms with Crippen molar-refractivity contribution < 1.29 is 19.4 Å². The summed E-state index contributed by atoms with van der Waals surface area (Å²) in [5, 5.41) is 11.8. The molecule has 2 rings (SSSR count). The maximum atomic E-state index is 11.9. The lowest BCUT2D eigenvalue weighted by molar-refractivity contribution is -0.143. The fourth-order valence-corrected chi connectivity index (χ4v) is 3.43. The van der Waals surface area contributed by atoms with Crippen LogP contribution in [0.2, 0.25) is 0 Å². The van der Waals surface area contributed by atoms with Gasteiger partial charge in [-0.05, 0) is 43.4 Å². The van der Waals surface area contributed by atoms with Gasteiger partial charge in [0.15, 0.2) is 0 Å². The van der Waals surface area contributed by atoms with Gasteiger partial charge in [0.25, 0.3) is 0 Å². The molecule has 0 bridgehead atoms. The summed E-state index contributed by atoms with van der Waals surface area (Å²) in [5.74, 6) is 0.702. The van der Waals surface area contributed by atoms with Gasteiger partial charge in [0.05, 0.1) is 11.5 Å². The van der Waals surface area contributed by atoms with E-state index in [1.54, 1.807) is 0 Å². The van der Waals surface area contributed by atoms with Crippen LogP contribution in [0.5, 0.6) is 0 Å². The van der Waals surface area contributed by atoms with E-state index in [0.29, 0.717) is 30.6 Å². The zero-order chi connectivity index (χ0) is 16.3. The van der Waals surface area contributed by atoms with Gasteiger partial charge in [0, 0.05) is 6.54 Å². The third kappa shape index (κ3) is 4.22. The lowest BCUT2D eigenvalue weighted by Crippen LogP contribution is -2.40. The highest BCUT2D eigenvalue weighted by Gasteiger charge is 2.50. The second-order valence-electron chi connectivity index (χ2n) is 7.54. The van der Waals surface area contributed by atoms with Crippen LogP contribution in [-0.4, -0.2) is 36.2 Å². The zero-order valence-corrected chi connectivity index (χ0v) is 13.9. The molecule has 2 N–H and O–H groups in total. The first-order valence-corrected chi connectivity index (χ1v) is 8.46. The summed E-state index contributed by atoms with van der Waals surface area (Å²) in [6.45, 7) is 6.91. The molecule has 22 heavy (non-hydrogen) atoms. The Morgan fingerprint density at radius 3 is 2.55 bits per heavy atom. The first-order valence-electron chi connectivity index (χ1n) is 8.46. The fraction of sp³-hybridized carbons (Fsp3) is 0.882. The average molecular weight is 311 g/mol. The number of hydrogen-bond donors (Lipinski definition) is 2. The number of carbonyl (C=O) groups excluding carboxylic acids is 1. The molecule has 1 amide bonds. The minimum Gasteiger partial charge on any atom is -0.481 e. The molecule has 0 aromatic rings. The Bertz CT molecular complexity index is 417. The molecule has 5 heteroatoms. The number of aliphatic carboxylic acids is 1. The van der Waals surface area contributed by atoms with E-state index in [4.69, 9.17) is 9.84 Å². The average Bonchev–Trinajstić information content (AvgIpc) is 3.24. The number of rotatable bonds is 7. The Labute approximate surface area is 132 Å². The Balaban J connectivity index is 1.75. The lowest BCUT2D eigenvalue weighted by Gasteiger charge is -2.37. The minimum atomic E-state index is -0.810. The monoisotopic (exact) mass is 311 g/mol. The molecule has 3 atom stereocenters. The third-order valence-corrected chi connectivity index (χ3v) is 5.32. The minimum absolute atomic E-state index is 0.0380. The predicted octanol–water partition coefficient (Wildman–Crippen LogP) is 2.44. The fourth-order valence-electron chi connectivity index (χ4n) is 3.43. The molecule has 0 aromatic heterocycles. The molecule has 126 valence electrons. The van der Waals surface area contributed by atoms with E-state index in [1.165, 1.54) is 6.42 Å². The second-order valence-corrected chi connectivity index (χ2v) is 7.54. The molecule has 2 aliphatic rings. The van der Waals surface area contributed by atoms with Crippen LogP contribution in [0.3, 0.4) is 0 Å². The number of carboxylic acid groups (broad SMARTS) is 1. The van der Waals surface area contributed by atoms with Crippen LogP contribution < -0.4 is 5.32 Å². The summed E-state index contributed by atoms with van der Waals surface area (Å²) >= 11 is 0. The molecule has 2 aliphatic carbocycles. The van der Waals surface area contributed by atoms with Gasteiger partial charge in [-0.1, -0.05) is 27.2 Å². The first kappa shape index (κ1) is 17.3. The SMILES string of the molecule is CC1CCC(C(C)C)C(OCC(=O)NCC2(C(=O)O)CC2)C1. The highest BCUT2D eigenvalue weighted by molar-refractivity contribution is 5.81. The van der Waals surface area contributed by atoms with Crippen LogP contribution in [0, 0.1) is 23.2 Å². The van der Waals surface area contributed by atoms with Crippen molar-refractivity contribution in [1.29, 1.82) is 0 Å². The standard InChI is InChI=1S/C17H29NO4/c1-11(2)13-5-4-12(3)8-14(13)22-9-15(19)18-10-17(6-7-17)16(20)21/h11-14H,4-10H2,1-3H3,(H,18,19)(H,20,21). The second kappa shape index (κ2) is 6.99. The predicted molar refractivity (Wildman–Crippen MR) is 83.4 cm³/mol. The van der Waals surface area contributed by atoms with Gasteiger partial charge in [-0.2, -0.15) is 0 Å². The van der Waals surface area contributed by atoms with Crippen molar-refractivity contribution >= 4 is 11.9 Å². The van der Waals surface area contributed by atoms with Gasteiger partial charge in [-0.15, -0.1) is 0 Å². The Kier molecular flexibility index (Phi) is 5.48. The smallest absolute Gasteiger partial charge is 0.311 e. The van der Waals surface area contributed by atoms with Crippen LogP contribution in [0.4, 0.5) is 0 Å². The van der Waals surface area contributed by atoms with Crippen LogP contribution in [0.1, 0.15) is 52.9 Å². The number of nitrogens with one attached hydrogen (secondary N) is 1. The molecule has 0 radical (unpaired) electrons. The van der Waals surface area contributed by atoms with Crippen molar-refractivity contribution in [2.45, 2.75) is 59.0 Å². The number of carbonyl (C=O) groups is 2. The van der Waals surface area contributed by atoms with Gasteiger partial charge in [0.1, 0.15) is 6.61 Å². The summed E-state index contributed by atoms with van der Waals surface area (Å²) in [6.07, 6.45) is 4.85. The van der Waals surface area contributed by atoms with Gasteiger partial charge in [0.2, 0.25) is 5.91 Å². The molecule has 5 nitrogen and oxygen atoms in total. The maximum absolute atomic E-state index is 11.9. The van der Waals surface area contributed by atoms with Gasteiger partial charge >= 0.3 is 5.97 Å². The van der Waals surface area contributed by atoms with Crippen LogP contribution in [-0.2, 0) is 14.3 Å². The zero-order valence-electron chi connectivity index (χ0n) is 13.9. The number of amides is 1. The van der Waals surface area contributed by atoms with Crippen molar-refractivity contribution in [3.63, 3.8) is 0 Å². The van der Waals surface area contributed by atoms with E-state index in [0.717, 1.165) is 12.8 Å². The first-order chi connectivity index (χ1) is 10.3. The molecular weight excluding hydrogens is 282 g/mol. The maximum Gasteiger partial charge on any atom is 0.311 e. The molecule has 0 saturated heterocycles. The van der Waals surface area contributed by atoms with Gasteiger partial charge in [-0.25, -0.2) is 0 Å². The van der Waals surface area contributed by atoms with E-state index in [2.05, 4.69) is 26.1 Å². The largest absolute Gasteiger partial charge is 0.481 e. The van der Waals surface area contributed by atoms with Gasteiger partial charge < -0.3 is 15.2 Å². The van der Waals surface area contributed by atoms with E-state index >= 15 is 0 Å². The molecule has 0 heterocycles. The number of ether oxygens (including phenoxy) is 1. The van der Waals surface area contributed by atoms with Crippen molar-refractivity contribution in [1.82, 2.24) is 5.32 Å². The Hall–Kier alpha value is -1.10. The van der Waals surface area contributed by atoms with E-state index < -0.39 is 11.4 Å². The molecule has 3 unspecified atom stereocenters. The summed E-state index contributed by atoms with van der Waals surface area (Å²) in [5.41, 5.74) is -0.713. The quantitative estimate of drug-likeness (QED) is 0.757. The molecule has 2 saturated carbocycles. The van der Waals surface area contributed by atoms with Crippen molar-refractivity contribution in [2.75, 3.05) is 13.2 Å². The number of carboxylic acids is 1. The van der Waals surface area contributed by atoms with Crippen molar-refractivity contribution in [2.24, 2.45) is 23.2 Å². The van der Waals surface area contributed by atoms with Crippen LogP contribution in [0.25, 0.3) is 0 Å². The normalized spacial score (nSPS) is 30.1. The summed E-state index contributed by atoms with van der Waals surface area (Å²) in [6, 6.07) is 0. The highest BCUT2D eigenvalue weighted by Crippen LogP contribution is 2.45. The molecule has 0 aliphatic heterocycles. The Morgan fingerprint density at radius 2 is 2.00 bits per heavy atom. The van der Waals surface area contributed by atoms with E-state index in [9.17, 15) is 9.59 Å². The number of hydrogen-bond acceptors (Lipinski definition) is 3. The van der Waals surface area contributed by atoms with Gasteiger partial charge in [-0.3, -0.25) is 9.59 Å². The third-order valence-electron chi connectivity index (χ3n) is 5.32. The van der Waals surface area contributed by atoms with Crippen LogP contribution in [0.15, 0.2) is 0 Å². The van der Waals surface area contributed by atoms with Crippen LogP contribution >= 0.6 is 0 Å². The summed E-state index contributed by atoms with van der Waals surface area (Å²) < 4.78 is 5.88. The summed E-state index contributed by atoms with van der Waals surface area (Å²) in [4.78, 5) is 23.0. The lowest BCUT2D eigenvalue weighted by atomic mass is 9.75. The molecule has 0 spiro atoms. The molecule has 2 fully saturated rings. The Morgan fingerprint density at radius 1 is 1.32 bits per heavy atom. The van der Waals surface area contributed by atoms with E-state index in [-0.39, 0.29) is 25.2 Å². The highest BCUT2D eigenvalue weighted by atomic mass is 16.5. The molecular formula is C17H29NO4.